The Morgan fingerprint density at radius 2 is 1.91 bits per heavy atom. The van der Waals surface area contributed by atoms with Crippen LogP contribution in [0.4, 0.5) is 0 Å². The van der Waals surface area contributed by atoms with Crippen molar-refractivity contribution in [2.24, 2.45) is 0 Å². The molecule has 6 nitrogen and oxygen atoms in total. The van der Waals surface area contributed by atoms with Gasteiger partial charge >= 0.3 is 0 Å². The maximum atomic E-state index is 12.2. The van der Waals surface area contributed by atoms with Crippen molar-refractivity contribution >= 4 is 5.91 Å². The lowest BCUT2D eigenvalue weighted by Gasteiger charge is -2.19. The topological polar surface area (TPSA) is 93.9 Å². The number of hydrogen-bond acceptors (Lipinski definition) is 5. The van der Waals surface area contributed by atoms with E-state index in [0.717, 1.165) is 5.56 Å². The first-order valence-electron chi connectivity index (χ1n) is 6.81. The lowest BCUT2D eigenvalue weighted by Crippen LogP contribution is -2.35. The molecule has 0 saturated heterocycles. The predicted octanol–water partition coefficient (Wildman–Crippen LogP) is 0.879. The summed E-state index contributed by atoms with van der Waals surface area (Å²) in [5, 5.41) is 27.4. The van der Waals surface area contributed by atoms with Gasteiger partial charge in [-0.3, -0.25) is 9.78 Å². The molecule has 0 unspecified atom stereocenters. The summed E-state index contributed by atoms with van der Waals surface area (Å²) < 4.78 is 0. The summed E-state index contributed by atoms with van der Waals surface area (Å²) in [6.45, 7) is -0.320. The van der Waals surface area contributed by atoms with E-state index in [-0.39, 0.29) is 24.8 Å². The molecule has 2 rings (SSSR count). The zero-order valence-corrected chi connectivity index (χ0v) is 12.2. The van der Waals surface area contributed by atoms with Crippen LogP contribution in [0.1, 0.15) is 10.4 Å². The smallest absolute Gasteiger partial charge is 0.253 e. The molecule has 0 saturated carbocycles. The third-order valence-electron chi connectivity index (χ3n) is 3.22. The Kier molecular flexibility index (Phi) is 5.08. The first kappa shape index (κ1) is 15.9. The van der Waals surface area contributed by atoms with E-state index in [1.54, 1.807) is 43.4 Å². The highest BCUT2D eigenvalue weighted by Gasteiger charge is 2.15. The number of rotatable bonds is 5. The second kappa shape index (κ2) is 7.02. The molecule has 1 atom stereocenters. The van der Waals surface area contributed by atoms with Crippen LogP contribution in [-0.2, 0) is 0 Å². The first-order valence-corrected chi connectivity index (χ1v) is 6.81. The molecule has 0 fully saturated rings. The van der Waals surface area contributed by atoms with Gasteiger partial charge in [0.05, 0.1) is 24.6 Å². The molecular weight excluding hydrogens is 284 g/mol. The first-order chi connectivity index (χ1) is 10.5. The number of amides is 1. The average molecular weight is 302 g/mol. The van der Waals surface area contributed by atoms with Crippen LogP contribution in [0.2, 0.25) is 0 Å². The van der Waals surface area contributed by atoms with Crippen LogP contribution in [0, 0.1) is 0 Å². The molecule has 1 amide bonds. The largest absolute Gasteiger partial charge is 0.506 e. The summed E-state index contributed by atoms with van der Waals surface area (Å²) in [6, 6.07) is 10.1. The number of carbonyl (C=O) groups excluding carboxylic acids is 1. The minimum absolute atomic E-state index is 0.0661. The number of carbonyl (C=O) groups is 1. The molecule has 0 aliphatic rings. The van der Waals surface area contributed by atoms with Crippen molar-refractivity contribution in [3.8, 4) is 17.0 Å². The number of pyridine rings is 1. The summed E-state index contributed by atoms with van der Waals surface area (Å²) in [4.78, 5) is 17.6. The van der Waals surface area contributed by atoms with E-state index in [2.05, 4.69) is 4.98 Å². The van der Waals surface area contributed by atoms with Crippen molar-refractivity contribution < 1.29 is 20.1 Å². The van der Waals surface area contributed by atoms with E-state index < -0.39 is 6.10 Å². The second-order valence-electron chi connectivity index (χ2n) is 5.00. The average Bonchev–Trinajstić information content (AvgIpc) is 2.55. The number of aliphatic hydroxyl groups is 2. The number of aliphatic hydroxyl groups excluding tert-OH is 2. The second-order valence-corrected chi connectivity index (χ2v) is 5.00. The summed E-state index contributed by atoms with van der Waals surface area (Å²) in [6.07, 6.45) is 0.410. The van der Waals surface area contributed by atoms with Crippen LogP contribution in [-0.4, -0.2) is 57.4 Å². The van der Waals surface area contributed by atoms with Crippen LogP contribution < -0.4 is 0 Å². The molecule has 1 aromatic heterocycles. The normalized spacial score (nSPS) is 12.0. The van der Waals surface area contributed by atoms with Crippen molar-refractivity contribution in [3.63, 3.8) is 0 Å². The quantitative estimate of drug-likeness (QED) is 0.762. The van der Waals surface area contributed by atoms with Crippen molar-refractivity contribution in [3.05, 3.63) is 48.2 Å². The third-order valence-corrected chi connectivity index (χ3v) is 3.22. The molecule has 1 heterocycles. The van der Waals surface area contributed by atoms with E-state index in [4.69, 9.17) is 5.11 Å². The van der Waals surface area contributed by atoms with Gasteiger partial charge in [-0.15, -0.1) is 0 Å². The number of aromatic nitrogens is 1. The van der Waals surface area contributed by atoms with Gasteiger partial charge in [-0.05, 0) is 24.3 Å². The zero-order chi connectivity index (χ0) is 16.1. The summed E-state index contributed by atoms with van der Waals surface area (Å²) >= 11 is 0. The van der Waals surface area contributed by atoms with Gasteiger partial charge in [0.2, 0.25) is 0 Å². The SMILES string of the molecule is CN(C[C@@H](O)CO)C(=O)c1ccc(-c2ccc(O)cn2)cc1. The molecule has 3 N–H and O–H groups in total. The number of hydrogen-bond donors (Lipinski definition) is 3. The lowest BCUT2D eigenvalue weighted by atomic mass is 10.1. The molecule has 0 radical (unpaired) electrons. The Bertz CT molecular complexity index is 626. The highest BCUT2D eigenvalue weighted by Crippen LogP contribution is 2.19. The van der Waals surface area contributed by atoms with Gasteiger partial charge in [0.1, 0.15) is 5.75 Å². The molecule has 6 heteroatoms. The Morgan fingerprint density at radius 1 is 1.23 bits per heavy atom. The Labute approximate surface area is 128 Å². The monoisotopic (exact) mass is 302 g/mol. The summed E-state index contributed by atoms with van der Waals surface area (Å²) in [7, 11) is 1.57. The van der Waals surface area contributed by atoms with Gasteiger partial charge in [-0.2, -0.15) is 0 Å². The van der Waals surface area contributed by atoms with E-state index in [0.29, 0.717) is 11.3 Å². The van der Waals surface area contributed by atoms with E-state index in [1.165, 1.54) is 11.1 Å². The molecule has 2 aromatic rings. The van der Waals surface area contributed by atoms with Gasteiger partial charge in [0, 0.05) is 24.7 Å². The lowest BCUT2D eigenvalue weighted by molar-refractivity contribution is 0.0520. The maximum Gasteiger partial charge on any atom is 0.253 e. The summed E-state index contributed by atoms with van der Waals surface area (Å²) in [5.74, 6) is -0.141. The van der Waals surface area contributed by atoms with Gasteiger partial charge in [0.25, 0.3) is 5.91 Å². The van der Waals surface area contributed by atoms with Crippen molar-refractivity contribution in [1.82, 2.24) is 9.88 Å². The van der Waals surface area contributed by atoms with Crippen LogP contribution in [0.5, 0.6) is 5.75 Å². The highest BCUT2D eigenvalue weighted by atomic mass is 16.3. The van der Waals surface area contributed by atoms with Crippen LogP contribution in [0.15, 0.2) is 42.6 Å². The molecule has 0 aliphatic heterocycles. The van der Waals surface area contributed by atoms with Gasteiger partial charge in [-0.25, -0.2) is 0 Å². The fourth-order valence-electron chi connectivity index (χ4n) is 2.02. The summed E-state index contributed by atoms with van der Waals surface area (Å²) in [5.41, 5.74) is 2.01. The molecule has 116 valence electrons. The van der Waals surface area contributed by atoms with E-state index >= 15 is 0 Å². The number of benzene rings is 1. The Balaban J connectivity index is 2.11. The van der Waals surface area contributed by atoms with Crippen molar-refractivity contribution in [2.75, 3.05) is 20.2 Å². The number of nitrogens with zero attached hydrogens (tertiary/aromatic N) is 2. The fourth-order valence-corrected chi connectivity index (χ4v) is 2.02. The van der Waals surface area contributed by atoms with Crippen molar-refractivity contribution in [2.45, 2.75) is 6.10 Å². The van der Waals surface area contributed by atoms with E-state index in [9.17, 15) is 15.0 Å². The molecular formula is C16H18N2O4. The van der Waals surface area contributed by atoms with Crippen LogP contribution in [0.25, 0.3) is 11.3 Å². The number of likely N-dealkylation sites (N-methyl/N-ethyl adjacent to an activating group) is 1. The Hall–Kier alpha value is -2.44. The molecule has 1 aromatic carbocycles. The van der Waals surface area contributed by atoms with Crippen LogP contribution in [0.3, 0.4) is 0 Å². The van der Waals surface area contributed by atoms with Gasteiger partial charge in [-0.1, -0.05) is 12.1 Å². The maximum absolute atomic E-state index is 12.2. The predicted molar refractivity (Wildman–Crippen MR) is 81.4 cm³/mol. The van der Waals surface area contributed by atoms with Crippen LogP contribution >= 0.6 is 0 Å². The van der Waals surface area contributed by atoms with Gasteiger partial charge in [0.15, 0.2) is 0 Å². The van der Waals surface area contributed by atoms with Crippen molar-refractivity contribution in [1.29, 1.82) is 0 Å². The van der Waals surface area contributed by atoms with Gasteiger partial charge < -0.3 is 20.2 Å². The standard InChI is InChI=1S/C16H18N2O4/c1-18(9-14(21)10-19)16(22)12-4-2-11(3-5-12)15-7-6-13(20)8-17-15/h2-8,14,19-21H,9-10H2,1H3/t14-/m1/s1. The highest BCUT2D eigenvalue weighted by molar-refractivity contribution is 5.94. The minimum Gasteiger partial charge on any atom is -0.506 e. The molecule has 0 spiro atoms. The zero-order valence-electron chi connectivity index (χ0n) is 12.2. The fraction of sp³-hybridized carbons (Fsp3) is 0.250. The molecule has 22 heavy (non-hydrogen) atoms. The third kappa shape index (κ3) is 3.81. The number of aromatic hydroxyl groups is 1. The molecule has 0 aliphatic carbocycles. The van der Waals surface area contributed by atoms with E-state index in [1.807, 2.05) is 0 Å². The minimum atomic E-state index is -0.950. The Morgan fingerprint density at radius 3 is 2.45 bits per heavy atom. The molecule has 0 bridgehead atoms.